The first kappa shape index (κ1) is 21.9. The van der Waals surface area contributed by atoms with E-state index in [2.05, 4.69) is 9.71 Å². The van der Waals surface area contributed by atoms with Crippen LogP contribution < -0.4 is 16.0 Å². The molecule has 0 bridgehead atoms. The molecule has 160 valence electrons. The average Bonchev–Trinajstić information content (AvgIpc) is 3.00. The number of hydrogen-bond acceptors (Lipinski definition) is 6. The Bertz CT molecular complexity index is 1350. The summed E-state index contributed by atoms with van der Waals surface area (Å²) in [6.45, 7) is 0.0303. The zero-order chi connectivity index (χ0) is 22.2. The number of carbonyl (C=O) groups excluding carboxylic acids is 1. The van der Waals surface area contributed by atoms with Crippen molar-refractivity contribution in [3.8, 4) is 0 Å². The highest BCUT2D eigenvalue weighted by Gasteiger charge is 2.20. The second-order valence-corrected chi connectivity index (χ2v) is 9.05. The van der Waals surface area contributed by atoms with Crippen molar-refractivity contribution in [3.05, 3.63) is 61.5 Å². The van der Waals surface area contributed by atoms with Crippen LogP contribution in [-0.4, -0.2) is 45.7 Å². The normalized spacial score (nSPS) is 11.9. The van der Waals surface area contributed by atoms with Gasteiger partial charge in [0.15, 0.2) is 16.9 Å². The third kappa shape index (κ3) is 4.37. The van der Waals surface area contributed by atoms with E-state index in [1.807, 2.05) is 0 Å². The zero-order valence-electron chi connectivity index (χ0n) is 16.5. The van der Waals surface area contributed by atoms with E-state index in [-0.39, 0.29) is 35.3 Å². The first-order valence-corrected chi connectivity index (χ1v) is 11.1. The van der Waals surface area contributed by atoms with Crippen LogP contribution in [0.25, 0.3) is 11.2 Å². The Labute approximate surface area is 176 Å². The molecule has 0 radical (unpaired) electrons. The van der Waals surface area contributed by atoms with E-state index in [4.69, 9.17) is 11.6 Å². The van der Waals surface area contributed by atoms with Crippen molar-refractivity contribution in [2.45, 2.75) is 13.0 Å². The number of rotatable bonds is 7. The number of hydrogen-bond donors (Lipinski definition) is 1. The smallest absolute Gasteiger partial charge is 0.301 e. The summed E-state index contributed by atoms with van der Waals surface area (Å²) in [4.78, 5) is 41.4. The Hall–Kier alpha value is -2.76. The van der Waals surface area contributed by atoms with Crippen LogP contribution >= 0.6 is 11.6 Å². The molecule has 1 N–H and O–H groups in total. The standard InChI is InChI=1S/C18H20ClN5O5S/c1-22-15-14(16(26)23(2)18(22)27)24(17(19)21-15)10-13(25)12-6-4-11(5-7-12)8-9-20-30(3,28)29/h4-7,20H,8-10H2,1-3H3. The number of sulfonamides is 1. The van der Waals surface area contributed by atoms with Crippen molar-refractivity contribution < 1.29 is 13.2 Å². The molecule has 3 rings (SSSR count). The second-order valence-electron chi connectivity index (χ2n) is 6.88. The molecular weight excluding hydrogens is 434 g/mol. The summed E-state index contributed by atoms with van der Waals surface area (Å²) in [5.41, 5.74) is 0.304. The Morgan fingerprint density at radius 2 is 1.77 bits per heavy atom. The van der Waals surface area contributed by atoms with Crippen LogP contribution in [0, 0.1) is 0 Å². The SMILES string of the molecule is Cn1c(=O)c2c(nc(Cl)n2CC(=O)c2ccc(CCNS(C)(=O)=O)cc2)n(C)c1=O. The molecule has 0 amide bonds. The van der Waals surface area contributed by atoms with E-state index in [9.17, 15) is 22.8 Å². The summed E-state index contributed by atoms with van der Waals surface area (Å²) in [5, 5.41) is -0.0693. The predicted molar refractivity (Wildman–Crippen MR) is 113 cm³/mol. The molecule has 30 heavy (non-hydrogen) atoms. The lowest BCUT2D eigenvalue weighted by atomic mass is 10.1. The number of aromatic nitrogens is 4. The van der Waals surface area contributed by atoms with Crippen LogP contribution in [0.4, 0.5) is 0 Å². The lowest BCUT2D eigenvalue weighted by molar-refractivity contribution is 0.0973. The van der Waals surface area contributed by atoms with Gasteiger partial charge in [-0.1, -0.05) is 24.3 Å². The highest BCUT2D eigenvalue weighted by Crippen LogP contribution is 2.17. The third-order valence-electron chi connectivity index (χ3n) is 4.66. The van der Waals surface area contributed by atoms with Crippen LogP contribution in [0.5, 0.6) is 0 Å². The highest BCUT2D eigenvalue weighted by atomic mass is 35.5. The Balaban J connectivity index is 1.85. The number of nitrogens with one attached hydrogen (secondary N) is 1. The minimum atomic E-state index is -3.25. The summed E-state index contributed by atoms with van der Waals surface area (Å²) in [6, 6.07) is 6.71. The number of imidazole rings is 1. The van der Waals surface area contributed by atoms with Gasteiger partial charge in [0, 0.05) is 26.2 Å². The fourth-order valence-electron chi connectivity index (χ4n) is 3.04. The van der Waals surface area contributed by atoms with Crippen LogP contribution in [0.2, 0.25) is 5.28 Å². The molecule has 0 saturated carbocycles. The molecule has 2 aromatic heterocycles. The maximum Gasteiger partial charge on any atom is 0.332 e. The Morgan fingerprint density at radius 1 is 1.13 bits per heavy atom. The Kier molecular flexibility index (Phi) is 5.97. The van der Waals surface area contributed by atoms with Gasteiger partial charge in [-0.15, -0.1) is 0 Å². The van der Waals surface area contributed by atoms with E-state index in [0.29, 0.717) is 12.0 Å². The van der Waals surface area contributed by atoms with Gasteiger partial charge >= 0.3 is 5.69 Å². The summed E-state index contributed by atoms with van der Waals surface area (Å²) < 4.78 is 28.0. The fraction of sp³-hybridized carbons (Fsp3) is 0.333. The number of aryl methyl sites for hydroxylation is 1. The van der Waals surface area contributed by atoms with E-state index in [0.717, 1.165) is 16.4 Å². The third-order valence-corrected chi connectivity index (χ3v) is 5.67. The Morgan fingerprint density at radius 3 is 2.37 bits per heavy atom. The first-order valence-electron chi connectivity index (χ1n) is 8.88. The lowest BCUT2D eigenvalue weighted by Crippen LogP contribution is -2.37. The van der Waals surface area contributed by atoms with E-state index in [1.54, 1.807) is 24.3 Å². The summed E-state index contributed by atoms with van der Waals surface area (Å²) in [7, 11) is -0.442. The van der Waals surface area contributed by atoms with E-state index >= 15 is 0 Å². The van der Waals surface area contributed by atoms with Gasteiger partial charge in [-0.2, -0.15) is 4.98 Å². The zero-order valence-corrected chi connectivity index (χ0v) is 18.1. The average molecular weight is 454 g/mol. The maximum absolute atomic E-state index is 12.7. The fourth-order valence-corrected chi connectivity index (χ4v) is 3.73. The number of nitrogens with zero attached hydrogens (tertiary/aromatic N) is 4. The van der Waals surface area contributed by atoms with Crippen molar-refractivity contribution in [2.75, 3.05) is 12.8 Å². The van der Waals surface area contributed by atoms with E-state index < -0.39 is 21.3 Å². The summed E-state index contributed by atoms with van der Waals surface area (Å²) in [6.07, 6.45) is 1.56. The predicted octanol–water partition coefficient (Wildman–Crippen LogP) is 0.0617. The molecule has 0 spiro atoms. The van der Waals surface area contributed by atoms with Gasteiger partial charge < -0.3 is 4.57 Å². The van der Waals surface area contributed by atoms with Gasteiger partial charge in [0.25, 0.3) is 5.56 Å². The van der Waals surface area contributed by atoms with Gasteiger partial charge in [0.05, 0.1) is 12.8 Å². The number of halogens is 1. The molecule has 0 unspecified atom stereocenters. The number of ketones is 1. The minimum absolute atomic E-state index is 0.0693. The summed E-state index contributed by atoms with van der Waals surface area (Å²) in [5.74, 6) is -0.298. The lowest BCUT2D eigenvalue weighted by Gasteiger charge is -2.08. The monoisotopic (exact) mass is 453 g/mol. The van der Waals surface area contributed by atoms with Crippen LogP contribution in [-0.2, 0) is 37.1 Å². The first-order chi connectivity index (χ1) is 14.0. The molecule has 0 aliphatic heterocycles. The second kappa shape index (κ2) is 8.17. The quantitative estimate of drug-likeness (QED) is 0.398. The van der Waals surface area contributed by atoms with Gasteiger partial charge in [-0.3, -0.25) is 18.7 Å². The van der Waals surface area contributed by atoms with Gasteiger partial charge in [-0.05, 0) is 23.6 Å². The van der Waals surface area contributed by atoms with Gasteiger partial charge in [-0.25, -0.2) is 17.9 Å². The number of fused-ring (bicyclic) bond motifs is 1. The van der Waals surface area contributed by atoms with Crippen molar-refractivity contribution in [2.24, 2.45) is 14.1 Å². The van der Waals surface area contributed by atoms with Gasteiger partial charge in [0.1, 0.15) is 0 Å². The molecule has 1 aromatic carbocycles. The topological polar surface area (TPSA) is 125 Å². The van der Waals surface area contributed by atoms with Gasteiger partial charge in [0.2, 0.25) is 15.3 Å². The molecule has 12 heteroatoms. The van der Waals surface area contributed by atoms with Crippen LogP contribution in [0.1, 0.15) is 15.9 Å². The van der Waals surface area contributed by atoms with Crippen molar-refractivity contribution in [3.63, 3.8) is 0 Å². The van der Waals surface area contributed by atoms with E-state index in [1.165, 1.54) is 23.2 Å². The maximum atomic E-state index is 12.7. The molecule has 0 aliphatic rings. The molecular formula is C18H20ClN5O5S. The number of carbonyl (C=O) groups is 1. The summed E-state index contributed by atoms with van der Waals surface area (Å²) >= 11 is 6.15. The number of benzene rings is 1. The molecule has 0 fully saturated rings. The van der Waals surface area contributed by atoms with Crippen LogP contribution in [0.15, 0.2) is 33.9 Å². The van der Waals surface area contributed by atoms with Crippen LogP contribution in [0.3, 0.4) is 0 Å². The molecule has 0 atom stereocenters. The molecule has 2 heterocycles. The molecule has 3 aromatic rings. The molecule has 0 aliphatic carbocycles. The largest absolute Gasteiger partial charge is 0.332 e. The number of Topliss-reactive ketones (excluding diaryl/α,β-unsaturated/α-hetero) is 1. The highest BCUT2D eigenvalue weighted by molar-refractivity contribution is 7.88. The minimum Gasteiger partial charge on any atom is -0.301 e. The van der Waals surface area contributed by atoms with Crippen molar-refractivity contribution >= 4 is 38.6 Å². The van der Waals surface area contributed by atoms with Crippen molar-refractivity contribution in [1.82, 2.24) is 23.4 Å². The molecule has 10 nitrogen and oxygen atoms in total. The van der Waals surface area contributed by atoms with Crippen molar-refractivity contribution in [1.29, 1.82) is 0 Å². The molecule has 0 saturated heterocycles.